The summed E-state index contributed by atoms with van der Waals surface area (Å²) in [5.41, 5.74) is 2.44. The molecule has 2 aliphatic heterocycles. The van der Waals surface area contributed by atoms with E-state index in [-0.39, 0.29) is 11.3 Å². The zero-order valence-electron chi connectivity index (χ0n) is 12.6. The zero-order valence-corrected chi connectivity index (χ0v) is 15.7. The normalized spacial score (nSPS) is 22.9. The fourth-order valence-electron chi connectivity index (χ4n) is 3.67. The number of nitrogens with zero attached hydrogens (tertiary/aromatic N) is 3. The standard InChI is InChI=1S/C16H15BrClN3OS/c1-10(22)20-5-4-16(8-20)9-21(15-19-7-14(18)23-15)13-3-2-11(17)6-12(13)16/h2-3,6-7H,4-5,8-9H2,1H3/t16-/m0/s1. The third-order valence-corrected chi connectivity index (χ3v) is 6.41. The Morgan fingerprint density at radius 3 is 2.91 bits per heavy atom. The molecule has 0 saturated carbocycles. The molecule has 4 nitrogen and oxygen atoms in total. The number of amides is 1. The first-order chi connectivity index (χ1) is 11.0. The van der Waals surface area contributed by atoms with E-state index in [2.05, 4.69) is 44.0 Å². The second kappa shape index (κ2) is 5.46. The van der Waals surface area contributed by atoms with Crippen LogP contribution in [0.3, 0.4) is 0 Å². The summed E-state index contributed by atoms with van der Waals surface area (Å²) in [5.74, 6) is 0.147. The fourth-order valence-corrected chi connectivity index (χ4v) is 4.95. The van der Waals surface area contributed by atoms with Gasteiger partial charge < -0.3 is 9.80 Å². The second-order valence-electron chi connectivity index (χ2n) is 6.17. The third kappa shape index (κ3) is 2.47. The Morgan fingerprint density at radius 2 is 2.26 bits per heavy atom. The first-order valence-corrected chi connectivity index (χ1v) is 9.42. The molecule has 1 spiro atoms. The number of fused-ring (bicyclic) bond motifs is 2. The van der Waals surface area contributed by atoms with E-state index in [9.17, 15) is 4.79 Å². The minimum absolute atomic E-state index is 0.0249. The van der Waals surface area contributed by atoms with Gasteiger partial charge in [0.05, 0.1) is 6.20 Å². The largest absolute Gasteiger partial charge is 0.342 e. The molecule has 1 amide bonds. The Bertz CT molecular complexity index is 795. The predicted molar refractivity (Wildman–Crippen MR) is 96.8 cm³/mol. The lowest BCUT2D eigenvalue weighted by Gasteiger charge is -2.25. The van der Waals surface area contributed by atoms with Crippen LogP contribution in [0.4, 0.5) is 10.8 Å². The highest BCUT2D eigenvalue weighted by Gasteiger charge is 2.48. The van der Waals surface area contributed by atoms with E-state index >= 15 is 0 Å². The van der Waals surface area contributed by atoms with Gasteiger partial charge in [-0.05, 0) is 30.2 Å². The summed E-state index contributed by atoms with van der Waals surface area (Å²) in [6.45, 7) is 4.07. The van der Waals surface area contributed by atoms with Gasteiger partial charge in [-0.2, -0.15) is 0 Å². The number of carbonyl (C=O) groups is 1. The molecule has 0 aliphatic carbocycles. The van der Waals surface area contributed by atoms with Gasteiger partial charge in [0.15, 0.2) is 5.13 Å². The number of thiazole rings is 1. The second-order valence-corrected chi connectivity index (χ2v) is 8.72. The average molecular weight is 413 g/mol. The zero-order chi connectivity index (χ0) is 16.2. The molecule has 1 atom stereocenters. The monoisotopic (exact) mass is 411 g/mol. The van der Waals surface area contributed by atoms with Crippen molar-refractivity contribution in [2.75, 3.05) is 24.5 Å². The molecule has 120 valence electrons. The fraction of sp³-hybridized carbons (Fsp3) is 0.375. The summed E-state index contributed by atoms with van der Waals surface area (Å²) < 4.78 is 1.76. The van der Waals surface area contributed by atoms with E-state index in [1.165, 1.54) is 22.6 Å². The number of likely N-dealkylation sites (tertiary alicyclic amines) is 1. The van der Waals surface area contributed by atoms with E-state index in [4.69, 9.17) is 11.6 Å². The lowest BCUT2D eigenvalue weighted by molar-refractivity contribution is -0.127. The van der Waals surface area contributed by atoms with Crippen molar-refractivity contribution in [2.45, 2.75) is 18.8 Å². The molecule has 0 unspecified atom stereocenters. The van der Waals surface area contributed by atoms with Gasteiger partial charge in [-0.15, -0.1) is 0 Å². The molecular formula is C16H15BrClN3OS. The number of carbonyl (C=O) groups excluding carboxylic acids is 1. The Morgan fingerprint density at radius 1 is 1.43 bits per heavy atom. The van der Waals surface area contributed by atoms with Gasteiger partial charge in [0.25, 0.3) is 0 Å². The quantitative estimate of drug-likeness (QED) is 0.704. The number of rotatable bonds is 1. The van der Waals surface area contributed by atoms with Crippen molar-refractivity contribution >= 4 is 55.6 Å². The highest BCUT2D eigenvalue weighted by Crippen LogP contribution is 2.50. The van der Waals surface area contributed by atoms with Gasteiger partial charge in [0.2, 0.25) is 5.91 Å². The molecule has 1 fully saturated rings. The molecule has 3 heterocycles. The molecule has 2 aromatic rings. The van der Waals surface area contributed by atoms with Crippen LogP contribution in [0.5, 0.6) is 0 Å². The van der Waals surface area contributed by atoms with E-state index in [1.54, 1.807) is 13.1 Å². The van der Waals surface area contributed by atoms with E-state index in [1.807, 2.05) is 4.90 Å². The molecule has 2 aliphatic rings. The van der Waals surface area contributed by atoms with Crippen LogP contribution >= 0.6 is 38.9 Å². The average Bonchev–Trinajstić information content (AvgIpc) is 3.19. The minimum Gasteiger partial charge on any atom is -0.342 e. The summed E-state index contributed by atoms with van der Waals surface area (Å²) in [5, 5.41) is 0.914. The van der Waals surface area contributed by atoms with Crippen LogP contribution in [-0.4, -0.2) is 35.4 Å². The maximum atomic E-state index is 11.8. The summed E-state index contributed by atoms with van der Waals surface area (Å²) in [6.07, 6.45) is 2.67. The van der Waals surface area contributed by atoms with Crippen LogP contribution in [0, 0.1) is 0 Å². The van der Waals surface area contributed by atoms with Gasteiger partial charge in [-0.3, -0.25) is 4.79 Å². The Balaban J connectivity index is 1.79. The molecule has 0 bridgehead atoms. The van der Waals surface area contributed by atoms with E-state index in [0.29, 0.717) is 4.34 Å². The van der Waals surface area contributed by atoms with Gasteiger partial charge in [0.1, 0.15) is 4.34 Å². The molecule has 1 saturated heterocycles. The van der Waals surface area contributed by atoms with Crippen molar-refractivity contribution in [1.29, 1.82) is 0 Å². The maximum absolute atomic E-state index is 11.8. The van der Waals surface area contributed by atoms with Crippen molar-refractivity contribution in [2.24, 2.45) is 0 Å². The highest BCUT2D eigenvalue weighted by atomic mass is 79.9. The van der Waals surface area contributed by atoms with Crippen molar-refractivity contribution in [3.63, 3.8) is 0 Å². The molecule has 0 N–H and O–H groups in total. The van der Waals surface area contributed by atoms with E-state index in [0.717, 1.165) is 35.7 Å². The molecule has 23 heavy (non-hydrogen) atoms. The predicted octanol–water partition coefficient (Wildman–Crippen LogP) is 4.20. The van der Waals surface area contributed by atoms with Crippen LogP contribution in [0.25, 0.3) is 0 Å². The summed E-state index contributed by atoms with van der Waals surface area (Å²) in [6, 6.07) is 6.37. The SMILES string of the molecule is CC(=O)N1CC[C@]2(C1)CN(c1ncc(Cl)s1)c1ccc(Br)cc12. The molecule has 0 radical (unpaired) electrons. The number of halogens is 2. The van der Waals surface area contributed by atoms with Crippen LogP contribution in [-0.2, 0) is 10.2 Å². The molecule has 4 rings (SSSR count). The first-order valence-electron chi connectivity index (χ1n) is 7.43. The van der Waals surface area contributed by atoms with Crippen molar-refractivity contribution in [3.05, 3.63) is 38.8 Å². The van der Waals surface area contributed by atoms with Gasteiger partial charge in [-0.25, -0.2) is 4.98 Å². The van der Waals surface area contributed by atoms with Crippen molar-refractivity contribution < 1.29 is 4.79 Å². The smallest absolute Gasteiger partial charge is 0.219 e. The van der Waals surface area contributed by atoms with Crippen LogP contribution in [0.2, 0.25) is 4.34 Å². The molecular weight excluding hydrogens is 398 g/mol. The van der Waals surface area contributed by atoms with Crippen LogP contribution in [0.1, 0.15) is 18.9 Å². The Kier molecular flexibility index (Phi) is 3.66. The first kappa shape index (κ1) is 15.4. The Hall–Kier alpha value is -1.11. The number of hydrogen-bond donors (Lipinski definition) is 0. The maximum Gasteiger partial charge on any atom is 0.219 e. The number of anilines is 2. The molecule has 1 aromatic carbocycles. The topological polar surface area (TPSA) is 36.4 Å². The Labute approximate surface area is 152 Å². The number of hydrogen-bond acceptors (Lipinski definition) is 4. The van der Waals surface area contributed by atoms with Crippen LogP contribution in [0.15, 0.2) is 28.9 Å². The molecule has 7 heteroatoms. The molecule has 1 aromatic heterocycles. The third-order valence-electron chi connectivity index (χ3n) is 4.78. The van der Waals surface area contributed by atoms with Crippen LogP contribution < -0.4 is 4.90 Å². The van der Waals surface area contributed by atoms with Gasteiger partial charge in [0, 0.05) is 42.1 Å². The minimum atomic E-state index is -0.0249. The summed E-state index contributed by atoms with van der Waals surface area (Å²) in [7, 11) is 0. The van der Waals surface area contributed by atoms with Gasteiger partial charge in [-0.1, -0.05) is 38.9 Å². The highest BCUT2D eigenvalue weighted by molar-refractivity contribution is 9.10. The number of benzene rings is 1. The lowest BCUT2D eigenvalue weighted by atomic mass is 9.81. The van der Waals surface area contributed by atoms with E-state index < -0.39 is 0 Å². The number of aromatic nitrogens is 1. The van der Waals surface area contributed by atoms with Crippen molar-refractivity contribution in [3.8, 4) is 0 Å². The lowest BCUT2D eigenvalue weighted by Crippen LogP contribution is -2.36. The van der Waals surface area contributed by atoms with Crippen molar-refractivity contribution in [1.82, 2.24) is 9.88 Å². The summed E-state index contributed by atoms with van der Waals surface area (Å²) >= 11 is 11.2. The van der Waals surface area contributed by atoms with Gasteiger partial charge >= 0.3 is 0 Å². The summed E-state index contributed by atoms with van der Waals surface area (Å²) in [4.78, 5) is 20.4.